The van der Waals surface area contributed by atoms with E-state index in [9.17, 15) is 8.42 Å². The lowest BCUT2D eigenvalue weighted by Gasteiger charge is -2.38. The van der Waals surface area contributed by atoms with Crippen LogP contribution in [0.5, 0.6) is 0 Å². The van der Waals surface area contributed by atoms with Gasteiger partial charge in [0.2, 0.25) is 10.0 Å². The number of sulfonamides is 1. The average molecular weight is 276 g/mol. The van der Waals surface area contributed by atoms with E-state index in [0.717, 1.165) is 32.4 Å². The summed E-state index contributed by atoms with van der Waals surface area (Å²) in [6.45, 7) is 7.00. The van der Waals surface area contributed by atoms with Crippen molar-refractivity contribution in [1.82, 2.24) is 9.62 Å². The van der Waals surface area contributed by atoms with Crippen molar-refractivity contribution in [3.8, 4) is 0 Å². The van der Waals surface area contributed by atoms with Crippen LogP contribution in [-0.4, -0.2) is 57.0 Å². The van der Waals surface area contributed by atoms with Crippen LogP contribution in [0.3, 0.4) is 0 Å². The molecule has 106 valence electrons. The predicted molar refractivity (Wildman–Crippen MR) is 71.0 cm³/mol. The molecule has 2 aliphatic rings. The molecule has 0 amide bonds. The third-order valence-corrected chi connectivity index (χ3v) is 4.71. The van der Waals surface area contributed by atoms with Crippen LogP contribution in [0, 0.1) is 0 Å². The van der Waals surface area contributed by atoms with Crippen molar-refractivity contribution < 1.29 is 13.2 Å². The largest absolute Gasteiger partial charge is 0.373 e. The van der Waals surface area contributed by atoms with E-state index in [1.54, 1.807) is 0 Å². The first kappa shape index (κ1) is 14.2. The van der Waals surface area contributed by atoms with Gasteiger partial charge in [-0.3, -0.25) is 4.90 Å². The molecule has 0 saturated carbocycles. The molecule has 0 aromatic rings. The third-order valence-electron chi connectivity index (χ3n) is 3.95. The first-order valence-corrected chi connectivity index (χ1v) is 8.54. The predicted octanol–water partition coefficient (Wildman–Crippen LogP) is 0.568. The van der Waals surface area contributed by atoms with Gasteiger partial charge in [-0.2, -0.15) is 0 Å². The maximum Gasteiger partial charge on any atom is 0.208 e. The number of nitrogens with one attached hydrogen (secondary N) is 1. The van der Waals surface area contributed by atoms with Crippen molar-refractivity contribution in [3.05, 3.63) is 0 Å². The van der Waals surface area contributed by atoms with E-state index in [-0.39, 0.29) is 11.6 Å². The number of nitrogens with zero attached hydrogens (tertiary/aromatic N) is 1. The quantitative estimate of drug-likeness (QED) is 0.818. The second-order valence-electron chi connectivity index (χ2n) is 5.93. The highest BCUT2D eigenvalue weighted by atomic mass is 32.2. The van der Waals surface area contributed by atoms with Gasteiger partial charge < -0.3 is 4.74 Å². The molecule has 1 spiro atoms. The maximum absolute atomic E-state index is 11.3. The van der Waals surface area contributed by atoms with Gasteiger partial charge in [0.25, 0.3) is 0 Å². The Bertz CT molecular complexity index is 396. The molecule has 1 N–H and O–H groups in total. The van der Waals surface area contributed by atoms with Gasteiger partial charge in [-0.15, -0.1) is 0 Å². The van der Waals surface area contributed by atoms with Crippen LogP contribution in [-0.2, 0) is 14.8 Å². The van der Waals surface area contributed by atoms with E-state index in [1.807, 2.05) is 0 Å². The van der Waals surface area contributed by atoms with Crippen LogP contribution in [0.1, 0.15) is 33.1 Å². The zero-order valence-corrected chi connectivity index (χ0v) is 12.3. The van der Waals surface area contributed by atoms with Crippen molar-refractivity contribution >= 4 is 10.0 Å². The first-order valence-electron chi connectivity index (χ1n) is 6.65. The molecule has 2 saturated heterocycles. The Morgan fingerprint density at radius 1 is 1.44 bits per heavy atom. The Kier molecular flexibility index (Phi) is 4.02. The number of hydrogen-bond donors (Lipinski definition) is 1. The summed E-state index contributed by atoms with van der Waals surface area (Å²) in [7, 11) is -3.12. The monoisotopic (exact) mass is 276 g/mol. The Hall–Kier alpha value is -0.170. The van der Waals surface area contributed by atoms with E-state index >= 15 is 0 Å². The van der Waals surface area contributed by atoms with Gasteiger partial charge >= 0.3 is 0 Å². The lowest BCUT2D eigenvalue weighted by atomic mass is 9.90. The Labute approximate surface area is 110 Å². The molecule has 0 aromatic carbocycles. The van der Waals surface area contributed by atoms with Gasteiger partial charge in [0.15, 0.2) is 0 Å². The van der Waals surface area contributed by atoms with E-state index in [0.29, 0.717) is 12.6 Å². The van der Waals surface area contributed by atoms with E-state index in [1.165, 1.54) is 6.26 Å². The topological polar surface area (TPSA) is 58.6 Å². The lowest BCUT2D eigenvalue weighted by Crippen LogP contribution is -2.50. The fraction of sp³-hybridized carbons (Fsp3) is 1.00. The second kappa shape index (κ2) is 5.07. The third kappa shape index (κ3) is 3.44. The highest BCUT2D eigenvalue weighted by molar-refractivity contribution is 7.88. The standard InChI is InChI=1S/C12H24N2O3S/c1-10(2)14-6-5-12(9-14)8-11(4-7-17-12)13-18(3,15)16/h10-11,13H,4-9H2,1-3H3/t11-,12-/m1/s1. The Morgan fingerprint density at radius 3 is 2.72 bits per heavy atom. The zero-order valence-electron chi connectivity index (χ0n) is 11.5. The summed E-state index contributed by atoms with van der Waals surface area (Å²) in [5.41, 5.74) is -0.134. The summed E-state index contributed by atoms with van der Waals surface area (Å²) in [5, 5.41) is 0. The van der Waals surface area contributed by atoms with Crippen molar-refractivity contribution in [2.24, 2.45) is 0 Å². The Morgan fingerprint density at radius 2 is 2.17 bits per heavy atom. The number of likely N-dealkylation sites (tertiary alicyclic amines) is 1. The minimum Gasteiger partial charge on any atom is -0.373 e. The van der Waals surface area contributed by atoms with E-state index in [4.69, 9.17) is 4.74 Å². The second-order valence-corrected chi connectivity index (χ2v) is 7.71. The van der Waals surface area contributed by atoms with E-state index < -0.39 is 10.0 Å². The smallest absolute Gasteiger partial charge is 0.208 e. The minimum absolute atomic E-state index is 0.0286. The van der Waals surface area contributed by atoms with Gasteiger partial charge in [0.1, 0.15) is 0 Å². The van der Waals surface area contributed by atoms with Crippen molar-refractivity contribution in [3.63, 3.8) is 0 Å². The van der Waals surface area contributed by atoms with Crippen LogP contribution >= 0.6 is 0 Å². The number of hydrogen-bond acceptors (Lipinski definition) is 4. The highest BCUT2D eigenvalue weighted by Gasteiger charge is 2.44. The minimum atomic E-state index is -3.12. The normalized spacial score (nSPS) is 34.6. The molecule has 0 bridgehead atoms. The van der Waals surface area contributed by atoms with E-state index in [2.05, 4.69) is 23.5 Å². The molecule has 2 atom stereocenters. The van der Waals surface area contributed by atoms with Crippen molar-refractivity contribution in [2.45, 2.75) is 50.8 Å². The average Bonchev–Trinajstić information content (AvgIpc) is 2.59. The SMILES string of the molecule is CC(C)N1CC[C@@]2(C[C@H](NS(C)(=O)=O)CCO2)C1. The summed E-state index contributed by atoms with van der Waals surface area (Å²) in [5.74, 6) is 0. The molecule has 2 aliphatic heterocycles. The van der Waals surface area contributed by atoms with Crippen LogP contribution in [0.15, 0.2) is 0 Å². The molecule has 0 radical (unpaired) electrons. The van der Waals surface area contributed by atoms with Gasteiger partial charge in [-0.1, -0.05) is 0 Å². The molecule has 0 aliphatic carbocycles. The molecular weight excluding hydrogens is 252 g/mol. The molecule has 2 fully saturated rings. The molecule has 5 nitrogen and oxygen atoms in total. The Balaban J connectivity index is 1.99. The van der Waals surface area contributed by atoms with Crippen molar-refractivity contribution in [2.75, 3.05) is 26.0 Å². The fourth-order valence-electron chi connectivity index (χ4n) is 3.03. The highest BCUT2D eigenvalue weighted by Crippen LogP contribution is 2.35. The summed E-state index contributed by atoms with van der Waals surface area (Å²) >= 11 is 0. The molecule has 0 unspecified atom stereocenters. The zero-order chi connectivity index (χ0) is 13.4. The van der Waals surface area contributed by atoms with Gasteiger partial charge in [-0.05, 0) is 33.1 Å². The van der Waals surface area contributed by atoms with Crippen LogP contribution < -0.4 is 4.72 Å². The number of rotatable bonds is 3. The summed E-state index contributed by atoms with van der Waals surface area (Å²) in [6.07, 6.45) is 3.80. The summed E-state index contributed by atoms with van der Waals surface area (Å²) in [6, 6.07) is 0.553. The van der Waals surface area contributed by atoms with Crippen molar-refractivity contribution in [1.29, 1.82) is 0 Å². The molecule has 2 rings (SSSR count). The first-order chi connectivity index (χ1) is 8.30. The molecular formula is C12H24N2O3S. The molecule has 18 heavy (non-hydrogen) atoms. The summed E-state index contributed by atoms with van der Waals surface area (Å²) in [4.78, 5) is 2.41. The lowest BCUT2D eigenvalue weighted by molar-refractivity contribution is -0.0787. The molecule has 6 heteroatoms. The van der Waals surface area contributed by atoms with Gasteiger partial charge in [0.05, 0.1) is 11.9 Å². The summed E-state index contributed by atoms with van der Waals surface area (Å²) < 4.78 is 31.3. The fourth-order valence-corrected chi connectivity index (χ4v) is 3.84. The van der Waals surface area contributed by atoms with Crippen LogP contribution in [0.2, 0.25) is 0 Å². The molecule has 0 aromatic heterocycles. The van der Waals surface area contributed by atoms with Gasteiger partial charge in [0, 0.05) is 31.8 Å². The van der Waals surface area contributed by atoms with Crippen LogP contribution in [0.4, 0.5) is 0 Å². The van der Waals surface area contributed by atoms with Gasteiger partial charge in [-0.25, -0.2) is 13.1 Å². The number of ether oxygens (including phenoxy) is 1. The van der Waals surface area contributed by atoms with Crippen LogP contribution in [0.25, 0.3) is 0 Å². The maximum atomic E-state index is 11.3. The molecule has 2 heterocycles.